The lowest BCUT2D eigenvalue weighted by Gasteiger charge is -2.32. The molecule has 0 saturated carbocycles. The molecule has 1 aromatic rings. The van der Waals surface area contributed by atoms with Crippen molar-refractivity contribution in [2.45, 2.75) is 85.1 Å². The lowest BCUT2D eigenvalue weighted by molar-refractivity contribution is -0.146. The number of carbonyl (C=O) groups excluding carboxylic acids is 3. The van der Waals surface area contributed by atoms with E-state index in [1.165, 1.54) is 6.92 Å². The number of hydrogen-bond acceptors (Lipinski definition) is 9. The molecule has 186 valence electrons. The molecule has 1 atom stereocenters. The summed E-state index contributed by atoms with van der Waals surface area (Å²) in [4.78, 5) is 50.1. The Morgan fingerprint density at radius 3 is 2.03 bits per heavy atom. The molecule has 2 amide bonds. The van der Waals surface area contributed by atoms with Crippen LogP contribution < -0.4 is 5.76 Å². The third-order valence-electron chi connectivity index (χ3n) is 3.95. The van der Waals surface area contributed by atoms with Crippen molar-refractivity contribution in [2.24, 2.45) is 0 Å². The molecule has 1 heterocycles. The molecule has 0 aromatic carbocycles. The number of allylic oxidation sites excluding steroid dienone is 2. The number of ether oxygens (including phenoxy) is 3. The smallest absolute Gasteiger partial charge is 0.441 e. The molecule has 0 N–H and O–H groups in total. The highest BCUT2D eigenvalue weighted by atomic mass is 19.1. The Morgan fingerprint density at radius 2 is 1.64 bits per heavy atom. The molecule has 1 rings (SSSR count). The minimum Gasteiger partial charge on any atom is -0.467 e. The van der Waals surface area contributed by atoms with Gasteiger partial charge in [0.05, 0.1) is 13.7 Å². The molecular formula is C21H32FN3O8. The first-order valence-electron chi connectivity index (χ1n) is 10.3. The molecule has 1 unspecified atom stereocenters. The number of nitrogens with zero attached hydrogens (tertiary/aromatic N) is 3. The van der Waals surface area contributed by atoms with E-state index >= 15 is 0 Å². The number of carbonyl (C=O) groups is 3. The zero-order chi connectivity index (χ0) is 25.6. The van der Waals surface area contributed by atoms with Crippen LogP contribution in [0.15, 0.2) is 21.2 Å². The molecule has 1 aromatic heterocycles. The van der Waals surface area contributed by atoms with Crippen LogP contribution in [0.3, 0.4) is 0 Å². The topological polar surface area (TPSA) is 130 Å². The van der Waals surface area contributed by atoms with Crippen molar-refractivity contribution in [1.29, 1.82) is 0 Å². The van der Waals surface area contributed by atoms with Crippen molar-refractivity contribution in [2.75, 3.05) is 7.11 Å². The monoisotopic (exact) mass is 473 g/mol. The van der Waals surface area contributed by atoms with E-state index < -0.39 is 53.5 Å². The zero-order valence-electron chi connectivity index (χ0n) is 20.3. The van der Waals surface area contributed by atoms with Crippen LogP contribution in [0.25, 0.3) is 0 Å². The average molecular weight is 473 g/mol. The number of aryl methyl sites for hydroxylation is 1. The maximum Gasteiger partial charge on any atom is 0.441 e. The number of methoxy groups -OCH3 is 1. The van der Waals surface area contributed by atoms with Gasteiger partial charge in [-0.2, -0.15) is 4.90 Å². The first kappa shape index (κ1) is 27.9. The number of imide groups is 1. The zero-order valence-corrected chi connectivity index (χ0v) is 20.3. The van der Waals surface area contributed by atoms with Gasteiger partial charge < -0.3 is 14.2 Å². The molecule has 33 heavy (non-hydrogen) atoms. The van der Waals surface area contributed by atoms with E-state index in [4.69, 9.17) is 14.2 Å². The van der Waals surface area contributed by atoms with E-state index in [0.29, 0.717) is 4.90 Å². The number of esters is 1. The van der Waals surface area contributed by atoms with E-state index in [9.17, 15) is 23.6 Å². The van der Waals surface area contributed by atoms with Gasteiger partial charge in [0.15, 0.2) is 5.82 Å². The van der Waals surface area contributed by atoms with Crippen LogP contribution in [0, 0.1) is 6.92 Å². The fraction of sp³-hybridized carbons (Fsp3) is 0.667. The summed E-state index contributed by atoms with van der Waals surface area (Å²) in [6, 6.07) is -1.44. The Bertz CT molecular complexity index is 909. The van der Waals surface area contributed by atoms with Crippen LogP contribution in [-0.2, 0) is 25.5 Å². The predicted molar refractivity (Wildman–Crippen MR) is 114 cm³/mol. The SMILES string of the molecule is COC(=O)C(CC/C=C(/F)Cn1c(C)noc1=O)N(C(=O)OC(C)(C)C)C(=O)OC(C)(C)C. The highest BCUT2D eigenvalue weighted by Crippen LogP contribution is 2.20. The number of rotatable bonds is 7. The summed E-state index contributed by atoms with van der Waals surface area (Å²) in [6.07, 6.45) is -1.36. The maximum absolute atomic E-state index is 14.3. The van der Waals surface area contributed by atoms with E-state index in [1.807, 2.05) is 0 Å². The van der Waals surface area contributed by atoms with Crippen molar-refractivity contribution in [1.82, 2.24) is 14.6 Å². The molecule has 0 saturated heterocycles. The van der Waals surface area contributed by atoms with Gasteiger partial charge in [-0.1, -0.05) is 11.2 Å². The summed E-state index contributed by atoms with van der Waals surface area (Å²) in [5, 5.41) is 3.44. The summed E-state index contributed by atoms with van der Waals surface area (Å²) < 4.78 is 35.1. The van der Waals surface area contributed by atoms with Gasteiger partial charge in [-0.3, -0.25) is 9.09 Å². The van der Waals surface area contributed by atoms with E-state index in [2.05, 4.69) is 9.68 Å². The van der Waals surface area contributed by atoms with Crippen LogP contribution in [0.5, 0.6) is 0 Å². The second-order valence-electron chi connectivity index (χ2n) is 9.18. The molecule has 0 spiro atoms. The van der Waals surface area contributed by atoms with Gasteiger partial charge in [0, 0.05) is 0 Å². The van der Waals surface area contributed by atoms with Gasteiger partial charge in [0.2, 0.25) is 0 Å². The Kier molecular flexibility index (Phi) is 9.37. The Balaban J connectivity index is 3.13. The van der Waals surface area contributed by atoms with Crippen molar-refractivity contribution >= 4 is 18.2 Å². The van der Waals surface area contributed by atoms with Gasteiger partial charge in [0.1, 0.15) is 23.1 Å². The van der Waals surface area contributed by atoms with Crippen LogP contribution in [0.2, 0.25) is 0 Å². The second-order valence-corrected chi connectivity index (χ2v) is 9.18. The minimum absolute atomic E-state index is 0.0766. The summed E-state index contributed by atoms with van der Waals surface area (Å²) in [6.45, 7) is 10.6. The van der Waals surface area contributed by atoms with Crippen LogP contribution >= 0.6 is 0 Å². The highest BCUT2D eigenvalue weighted by Gasteiger charge is 2.40. The second kappa shape index (κ2) is 11.1. The standard InChI is InChI=1S/C21H32FN3O8/c1-13-23-33-17(27)24(13)12-14(22)10-9-11-15(16(26)30-8)25(18(28)31-20(2,3)4)19(29)32-21(5,6)7/h10,15H,9,11-12H2,1-8H3/b14-10+. The van der Waals surface area contributed by atoms with E-state index in [-0.39, 0.29) is 18.7 Å². The molecule has 0 aliphatic rings. The van der Waals surface area contributed by atoms with Gasteiger partial charge in [-0.05, 0) is 61.3 Å². The fourth-order valence-corrected chi connectivity index (χ4v) is 2.57. The summed E-state index contributed by atoms with van der Waals surface area (Å²) in [5.74, 6) is -2.23. The van der Waals surface area contributed by atoms with Gasteiger partial charge in [0.25, 0.3) is 0 Å². The van der Waals surface area contributed by atoms with E-state index in [1.54, 1.807) is 41.5 Å². The molecule has 0 fully saturated rings. The van der Waals surface area contributed by atoms with Crippen LogP contribution in [0.4, 0.5) is 14.0 Å². The van der Waals surface area contributed by atoms with Crippen molar-refractivity contribution in [3.8, 4) is 0 Å². The average Bonchev–Trinajstić information content (AvgIpc) is 2.95. The van der Waals surface area contributed by atoms with E-state index in [0.717, 1.165) is 17.8 Å². The molecule has 12 heteroatoms. The predicted octanol–water partition coefficient (Wildman–Crippen LogP) is 3.49. The number of aromatic nitrogens is 2. The van der Waals surface area contributed by atoms with Crippen molar-refractivity contribution < 1.29 is 37.5 Å². The van der Waals surface area contributed by atoms with Gasteiger partial charge >= 0.3 is 23.9 Å². The van der Waals surface area contributed by atoms with Crippen molar-refractivity contribution in [3.63, 3.8) is 0 Å². The number of halogens is 1. The maximum atomic E-state index is 14.3. The molecule has 0 radical (unpaired) electrons. The fourth-order valence-electron chi connectivity index (χ4n) is 2.57. The molecule has 0 aliphatic heterocycles. The van der Waals surface area contributed by atoms with Crippen LogP contribution in [-0.4, -0.2) is 57.1 Å². The highest BCUT2D eigenvalue weighted by molar-refractivity contribution is 5.94. The third kappa shape index (κ3) is 9.07. The molecule has 0 aliphatic carbocycles. The number of amides is 2. The molecular weight excluding hydrogens is 441 g/mol. The summed E-state index contributed by atoms with van der Waals surface area (Å²) >= 11 is 0. The largest absolute Gasteiger partial charge is 0.467 e. The van der Waals surface area contributed by atoms with Crippen molar-refractivity contribution in [3.05, 3.63) is 28.3 Å². The van der Waals surface area contributed by atoms with Crippen LogP contribution in [0.1, 0.15) is 60.2 Å². The first-order chi connectivity index (χ1) is 15.1. The molecule has 11 nitrogen and oxygen atoms in total. The van der Waals surface area contributed by atoms with Gasteiger partial charge in [-0.15, -0.1) is 0 Å². The quantitative estimate of drug-likeness (QED) is 0.431. The Morgan fingerprint density at radius 1 is 1.12 bits per heavy atom. The summed E-state index contributed by atoms with van der Waals surface area (Å²) in [7, 11) is 1.09. The lowest BCUT2D eigenvalue weighted by atomic mass is 10.1. The third-order valence-corrected chi connectivity index (χ3v) is 3.95. The molecule has 0 bridgehead atoms. The Labute approximate surface area is 191 Å². The summed E-state index contributed by atoms with van der Waals surface area (Å²) in [5.41, 5.74) is -1.93. The minimum atomic E-state index is -1.44. The lowest BCUT2D eigenvalue weighted by Crippen LogP contribution is -2.52. The van der Waals surface area contributed by atoms with Gasteiger partial charge in [-0.25, -0.2) is 23.6 Å². The normalized spacial score (nSPS) is 13.3. The number of hydrogen-bond donors (Lipinski definition) is 0. The Hall–Kier alpha value is -3.18. The first-order valence-corrected chi connectivity index (χ1v) is 10.3.